The zero-order valence-corrected chi connectivity index (χ0v) is 17.1. The summed E-state index contributed by atoms with van der Waals surface area (Å²) in [5.74, 6) is -1.66. The Morgan fingerprint density at radius 2 is 1.72 bits per heavy atom. The average Bonchev–Trinajstić information content (AvgIpc) is 2.66. The van der Waals surface area contributed by atoms with Crippen LogP contribution >= 0.6 is 0 Å². The second kappa shape index (κ2) is 9.44. The highest BCUT2D eigenvalue weighted by Gasteiger charge is 2.23. The summed E-state index contributed by atoms with van der Waals surface area (Å²) in [5.41, 5.74) is 1.71. The van der Waals surface area contributed by atoms with Gasteiger partial charge in [-0.3, -0.25) is 14.4 Å². The number of ether oxygens (including phenoxy) is 1. The quantitative estimate of drug-likeness (QED) is 0.500. The van der Waals surface area contributed by atoms with Gasteiger partial charge in [0.05, 0.1) is 4.90 Å². The minimum atomic E-state index is -3.90. The zero-order valence-electron chi connectivity index (χ0n) is 16.3. The van der Waals surface area contributed by atoms with Crippen molar-refractivity contribution in [2.45, 2.75) is 31.7 Å². The van der Waals surface area contributed by atoms with Gasteiger partial charge in [0.2, 0.25) is 10.0 Å². The van der Waals surface area contributed by atoms with Crippen LogP contribution in [-0.4, -0.2) is 38.7 Å². The van der Waals surface area contributed by atoms with E-state index in [1.54, 1.807) is 30.3 Å². The van der Waals surface area contributed by atoms with Crippen LogP contribution in [-0.2, 0) is 24.3 Å². The Balaban J connectivity index is 1.89. The van der Waals surface area contributed by atoms with Crippen molar-refractivity contribution in [1.29, 1.82) is 0 Å². The van der Waals surface area contributed by atoms with Gasteiger partial charge in [0.15, 0.2) is 12.4 Å². The van der Waals surface area contributed by atoms with Crippen molar-refractivity contribution in [2.75, 3.05) is 11.9 Å². The summed E-state index contributed by atoms with van der Waals surface area (Å²) in [7, 11) is -3.90. The standard InChI is InChI=1S/C20H22N2O6S/c1-13-7-9-18(10-8-13)29(26,27)22-14(2)20(25)28-12-19(24)21-17-6-4-5-16(11-17)15(3)23/h4-11,14,22H,12H2,1-3H3,(H,21,24)/t14-/m0/s1. The minimum Gasteiger partial charge on any atom is -0.454 e. The zero-order chi connectivity index (χ0) is 21.6. The number of rotatable bonds is 8. The number of anilines is 1. The topological polar surface area (TPSA) is 119 Å². The van der Waals surface area contributed by atoms with Gasteiger partial charge in [0.1, 0.15) is 6.04 Å². The second-order valence-corrected chi connectivity index (χ2v) is 8.16. The van der Waals surface area contributed by atoms with E-state index in [2.05, 4.69) is 10.0 Å². The molecular weight excluding hydrogens is 396 g/mol. The highest BCUT2D eigenvalue weighted by Crippen LogP contribution is 2.12. The molecule has 2 aromatic carbocycles. The molecule has 0 aliphatic heterocycles. The molecule has 0 saturated carbocycles. The fourth-order valence-corrected chi connectivity index (χ4v) is 3.53. The van der Waals surface area contributed by atoms with Crippen LogP contribution in [0.15, 0.2) is 53.4 Å². The first kappa shape index (κ1) is 22.3. The van der Waals surface area contributed by atoms with Crippen LogP contribution in [0.1, 0.15) is 29.8 Å². The first-order valence-corrected chi connectivity index (χ1v) is 10.2. The summed E-state index contributed by atoms with van der Waals surface area (Å²) in [5, 5.41) is 2.50. The highest BCUT2D eigenvalue weighted by molar-refractivity contribution is 7.89. The summed E-state index contributed by atoms with van der Waals surface area (Å²) in [4.78, 5) is 35.4. The number of nitrogens with one attached hydrogen (secondary N) is 2. The molecule has 0 radical (unpaired) electrons. The molecule has 0 heterocycles. The van der Waals surface area contributed by atoms with Crippen molar-refractivity contribution < 1.29 is 27.5 Å². The smallest absolute Gasteiger partial charge is 0.324 e. The van der Waals surface area contributed by atoms with E-state index in [9.17, 15) is 22.8 Å². The number of aryl methyl sites for hydroxylation is 1. The van der Waals surface area contributed by atoms with Crippen molar-refractivity contribution >= 4 is 33.4 Å². The lowest BCUT2D eigenvalue weighted by atomic mass is 10.1. The first-order valence-electron chi connectivity index (χ1n) is 8.75. The number of carbonyl (C=O) groups excluding carboxylic acids is 3. The van der Waals surface area contributed by atoms with Gasteiger partial charge >= 0.3 is 5.97 Å². The normalized spacial score (nSPS) is 12.1. The number of amides is 1. The lowest BCUT2D eigenvalue weighted by Crippen LogP contribution is -2.40. The molecule has 0 aliphatic rings. The highest BCUT2D eigenvalue weighted by atomic mass is 32.2. The summed E-state index contributed by atoms with van der Waals surface area (Å²) < 4.78 is 31.7. The summed E-state index contributed by atoms with van der Waals surface area (Å²) in [6.45, 7) is 3.95. The van der Waals surface area contributed by atoms with Gasteiger partial charge in [0, 0.05) is 11.3 Å². The van der Waals surface area contributed by atoms with Gasteiger partial charge in [-0.05, 0) is 45.0 Å². The maximum atomic E-state index is 12.3. The third-order valence-corrected chi connectivity index (χ3v) is 5.47. The van der Waals surface area contributed by atoms with E-state index < -0.39 is 34.5 Å². The van der Waals surface area contributed by atoms with Crippen LogP contribution in [0.4, 0.5) is 5.69 Å². The minimum absolute atomic E-state index is 0.0193. The number of hydrogen-bond donors (Lipinski definition) is 2. The predicted octanol–water partition coefficient (Wildman–Crippen LogP) is 2.05. The van der Waals surface area contributed by atoms with Crippen molar-refractivity contribution in [1.82, 2.24) is 4.72 Å². The number of ketones is 1. The van der Waals surface area contributed by atoms with Gasteiger partial charge in [-0.15, -0.1) is 0 Å². The van der Waals surface area contributed by atoms with Gasteiger partial charge in [0.25, 0.3) is 5.91 Å². The molecule has 8 nitrogen and oxygen atoms in total. The molecule has 29 heavy (non-hydrogen) atoms. The maximum Gasteiger partial charge on any atom is 0.324 e. The maximum absolute atomic E-state index is 12.3. The number of carbonyl (C=O) groups is 3. The molecule has 0 saturated heterocycles. The van der Waals surface area contributed by atoms with Crippen molar-refractivity contribution in [3.8, 4) is 0 Å². The molecular formula is C20H22N2O6S. The van der Waals surface area contributed by atoms with Crippen LogP contribution in [0.2, 0.25) is 0 Å². The Kier molecular flexibility index (Phi) is 7.24. The summed E-state index contributed by atoms with van der Waals surface area (Å²) >= 11 is 0. The molecule has 1 amide bonds. The number of benzene rings is 2. The van der Waals surface area contributed by atoms with Crippen molar-refractivity contribution in [3.63, 3.8) is 0 Å². The fourth-order valence-electron chi connectivity index (χ4n) is 2.34. The van der Waals surface area contributed by atoms with Gasteiger partial charge < -0.3 is 10.1 Å². The number of hydrogen-bond acceptors (Lipinski definition) is 6. The third kappa shape index (κ3) is 6.51. The van der Waals surface area contributed by atoms with E-state index in [-0.39, 0.29) is 10.7 Å². The molecule has 0 bridgehead atoms. The van der Waals surface area contributed by atoms with E-state index in [1.807, 2.05) is 6.92 Å². The lowest BCUT2D eigenvalue weighted by molar-refractivity contribution is -0.148. The predicted molar refractivity (Wildman–Crippen MR) is 107 cm³/mol. The fraction of sp³-hybridized carbons (Fsp3) is 0.250. The van der Waals surface area contributed by atoms with E-state index in [4.69, 9.17) is 4.74 Å². The van der Waals surface area contributed by atoms with Crippen LogP contribution < -0.4 is 10.0 Å². The van der Waals surface area contributed by atoms with Gasteiger partial charge in [-0.2, -0.15) is 4.72 Å². The summed E-state index contributed by atoms with van der Waals surface area (Å²) in [6, 6.07) is 11.3. The van der Waals surface area contributed by atoms with Crippen molar-refractivity contribution in [3.05, 3.63) is 59.7 Å². The Labute approximate surface area is 169 Å². The monoisotopic (exact) mass is 418 g/mol. The largest absolute Gasteiger partial charge is 0.454 e. The third-order valence-electron chi connectivity index (χ3n) is 3.92. The summed E-state index contributed by atoms with van der Waals surface area (Å²) in [6.07, 6.45) is 0. The lowest BCUT2D eigenvalue weighted by Gasteiger charge is -2.14. The van der Waals surface area contributed by atoms with Crippen molar-refractivity contribution in [2.24, 2.45) is 0 Å². The van der Waals surface area contributed by atoms with Crippen LogP contribution in [0, 0.1) is 6.92 Å². The van der Waals surface area contributed by atoms with E-state index in [0.29, 0.717) is 11.3 Å². The molecule has 0 aliphatic carbocycles. The molecule has 1 atom stereocenters. The number of sulfonamides is 1. The Morgan fingerprint density at radius 1 is 1.07 bits per heavy atom. The molecule has 2 aromatic rings. The molecule has 154 valence electrons. The second-order valence-electron chi connectivity index (χ2n) is 6.45. The molecule has 0 spiro atoms. The average molecular weight is 418 g/mol. The van der Waals surface area contributed by atoms with E-state index >= 15 is 0 Å². The molecule has 2 rings (SSSR count). The van der Waals surface area contributed by atoms with Crippen LogP contribution in [0.5, 0.6) is 0 Å². The van der Waals surface area contributed by atoms with Gasteiger partial charge in [-0.1, -0.05) is 29.8 Å². The van der Waals surface area contributed by atoms with Gasteiger partial charge in [-0.25, -0.2) is 8.42 Å². The van der Waals surface area contributed by atoms with E-state index in [1.165, 1.54) is 32.0 Å². The molecule has 9 heteroatoms. The first-order chi connectivity index (χ1) is 13.6. The Bertz CT molecular complexity index is 1020. The Hall–Kier alpha value is -3.04. The van der Waals surface area contributed by atoms with Crippen LogP contribution in [0.25, 0.3) is 0 Å². The number of esters is 1. The van der Waals surface area contributed by atoms with Crippen LogP contribution in [0.3, 0.4) is 0 Å². The SMILES string of the molecule is CC(=O)c1cccc(NC(=O)COC(=O)[C@H](C)NS(=O)(=O)c2ccc(C)cc2)c1. The van der Waals surface area contributed by atoms with E-state index in [0.717, 1.165) is 5.56 Å². The number of Topliss-reactive ketones (excluding diaryl/α,β-unsaturated/α-hetero) is 1. The molecule has 0 unspecified atom stereocenters. The molecule has 2 N–H and O–H groups in total. The molecule has 0 fully saturated rings. The molecule has 0 aromatic heterocycles. The Morgan fingerprint density at radius 3 is 2.34 bits per heavy atom.